The van der Waals surface area contributed by atoms with Crippen LogP contribution in [0.1, 0.15) is 41.6 Å². The smallest absolute Gasteiger partial charge is 0.355 e. The Labute approximate surface area is 168 Å². The van der Waals surface area contributed by atoms with Gasteiger partial charge in [0.05, 0.1) is 16.8 Å². The van der Waals surface area contributed by atoms with E-state index in [9.17, 15) is 18.0 Å². The molecular weight excluding hydrogens is 379 g/mol. The fourth-order valence-electron chi connectivity index (χ4n) is 3.83. The summed E-state index contributed by atoms with van der Waals surface area (Å²) in [6.07, 6.45) is -0.00192. The Morgan fingerprint density at radius 1 is 0.966 bits per heavy atom. The molecule has 0 spiro atoms. The standard InChI is InChI=1S/C22H24F3N3O/c23-22(24,25)15-4-3-5-17(14-15)26-20-7-2-1-6-19(20)21(29)27-16-10-12-28(13-11-16)18-8-9-18/h1-7,14,16,18,26H,8-13H2,(H,27,29). The quantitative estimate of drug-likeness (QED) is 0.753. The number of nitrogens with one attached hydrogen (secondary N) is 2. The minimum Gasteiger partial charge on any atom is -0.355 e. The number of rotatable bonds is 5. The number of benzene rings is 2. The Morgan fingerprint density at radius 2 is 1.69 bits per heavy atom. The number of hydrogen-bond acceptors (Lipinski definition) is 3. The summed E-state index contributed by atoms with van der Waals surface area (Å²) >= 11 is 0. The number of anilines is 2. The summed E-state index contributed by atoms with van der Waals surface area (Å²) in [6, 6.07) is 12.7. The van der Waals surface area contributed by atoms with E-state index in [0.717, 1.165) is 44.1 Å². The summed E-state index contributed by atoms with van der Waals surface area (Å²) in [5.74, 6) is -0.204. The van der Waals surface area contributed by atoms with Gasteiger partial charge in [-0.3, -0.25) is 4.79 Å². The highest BCUT2D eigenvalue weighted by molar-refractivity contribution is 6.00. The average molecular weight is 403 g/mol. The van der Waals surface area contributed by atoms with Crippen molar-refractivity contribution < 1.29 is 18.0 Å². The van der Waals surface area contributed by atoms with Crippen LogP contribution in [-0.2, 0) is 6.18 Å². The van der Waals surface area contributed by atoms with E-state index in [2.05, 4.69) is 15.5 Å². The van der Waals surface area contributed by atoms with Crippen LogP contribution in [0.4, 0.5) is 24.5 Å². The van der Waals surface area contributed by atoms with Crippen LogP contribution in [0.5, 0.6) is 0 Å². The second kappa shape index (κ2) is 8.06. The Morgan fingerprint density at radius 3 is 2.38 bits per heavy atom. The summed E-state index contributed by atoms with van der Waals surface area (Å²) in [5, 5.41) is 6.06. The highest BCUT2D eigenvalue weighted by Crippen LogP contribution is 2.32. The number of carbonyl (C=O) groups is 1. The first kappa shape index (κ1) is 19.8. The van der Waals surface area contributed by atoms with Gasteiger partial charge >= 0.3 is 6.18 Å². The first-order valence-electron chi connectivity index (χ1n) is 9.98. The van der Waals surface area contributed by atoms with Gasteiger partial charge in [-0.15, -0.1) is 0 Å². The van der Waals surface area contributed by atoms with Crippen molar-refractivity contribution in [3.63, 3.8) is 0 Å². The number of hydrogen-bond donors (Lipinski definition) is 2. The van der Waals surface area contributed by atoms with Crippen LogP contribution in [0.15, 0.2) is 48.5 Å². The minimum absolute atomic E-state index is 0.124. The number of piperidine rings is 1. The van der Waals surface area contributed by atoms with E-state index in [1.807, 2.05) is 0 Å². The molecule has 4 nitrogen and oxygen atoms in total. The van der Waals surface area contributed by atoms with Crippen molar-refractivity contribution in [2.24, 2.45) is 0 Å². The molecule has 0 unspecified atom stereocenters. The zero-order chi connectivity index (χ0) is 20.4. The number of carbonyl (C=O) groups excluding carboxylic acids is 1. The van der Waals surface area contributed by atoms with Gasteiger partial charge in [0.1, 0.15) is 0 Å². The summed E-state index contributed by atoms with van der Waals surface area (Å²) in [6.45, 7) is 2.00. The maximum Gasteiger partial charge on any atom is 0.416 e. The first-order valence-corrected chi connectivity index (χ1v) is 9.98. The summed E-state index contributed by atoms with van der Waals surface area (Å²) in [5.41, 5.74) is 0.471. The lowest BCUT2D eigenvalue weighted by molar-refractivity contribution is -0.137. The van der Waals surface area contributed by atoms with Crippen LogP contribution >= 0.6 is 0 Å². The van der Waals surface area contributed by atoms with Gasteiger partial charge in [0, 0.05) is 30.9 Å². The number of halogens is 3. The molecule has 7 heteroatoms. The number of amides is 1. The number of nitrogens with zero attached hydrogens (tertiary/aromatic N) is 1. The molecule has 0 atom stereocenters. The second-order valence-electron chi connectivity index (χ2n) is 7.76. The Kier molecular flexibility index (Phi) is 5.50. The predicted octanol–water partition coefficient (Wildman–Crippen LogP) is 4.81. The van der Waals surface area contributed by atoms with Crippen LogP contribution in [-0.4, -0.2) is 36.0 Å². The molecule has 2 aromatic rings. The molecule has 2 fully saturated rings. The van der Waals surface area contributed by atoms with Crippen LogP contribution in [0.25, 0.3) is 0 Å². The van der Waals surface area contributed by atoms with Gasteiger partial charge in [-0.2, -0.15) is 13.2 Å². The van der Waals surface area contributed by atoms with Gasteiger partial charge < -0.3 is 15.5 Å². The van der Waals surface area contributed by atoms with E-state index in [0.29, 0.717) is 11.3 Å². The maximum absolute atomic E-state index is 13.0. The van der Waals surface area contributed by atoms with Gasteiger partial charge in [0.15, 0.2) is 0 Å². The zero-order valence-corrected chi connectivity index (χ0v) is 16.0. The Bertz CT molecular complexity index is 872. The van der Waals surface area contributed by atoms with E-state index in [1.165, 1.54) is 18.9 Å². The summed E-state index contributed by atoms with van der Waals surface area (Å²) in [7, 11) is 0. The van der Waals surface area contributed by atoms with E-state index in [1.54, 1.807) is 30.3 Å². The number of para-hydroxylation sites is 1. The summed E-state index contributed by atoms with van der Waals surface area (Å²) in [4.78, 5) is 15.3. The van der Waals surface area contributed by atoms with E-state index >= 15 is 0 Å². The topological polar surface area (TPSA) is 44.4 Å². The minimum atomic E-state index is -4.41. The molecule has 0 radical (unpaired) electrons. The molecule has 2 aromatic carbocycles. The fraction of sp³-hybridized carbons (Fsp3) is 0.409. The van der Waals surface area contributed by atoms with Gasteiger partial charge in [-0.25, -0.2) is 0 Å². The molecule has 2 N–H and O–H groups in total. The van der Waals surface area contributed by atoms with Gasteiger partial charge in [-0.1, -0.05) is 18.2 Å². The molecule has 0 aromatic heterocycles. The number of alkyl halides is 3. The van der Waals surface area contributed by atoms with E-state index < -0.39 is 11.7 Å². The molecule has 0 bridgehead atoms. The third kappa shape index (κ3) is 4.90. The van der Waals surface area contributed by atoms with Crippen molar-refractivity contribution in [3.8, 4) is 0 Å². The molecular formula is C22H24F3N3O. The molecule has 29 heavy (non-hydrogen) atoms. The van der Waals surface area contributed by atoms with E-state index in [4.69, 9.17) is 0 Å². The number of likely N-dealkylation sites (tertiary alicyclic amines) is 1. The molecule has 1 heterocycles. The first-order chi connectivity index (χ1) is 13.9. The lowest BCUT2D eigenvalue weighted by atomic mass is 10.0. The Hall–Kier alpha value is -2.54. The maximum atomic E-state index is 13.0. The van der Waals surface area contributed by atoms with Crippen molar-refractivity contribution in [1.29, 1.82) is 0 Å². The molecule has 1 saturated carbocycles. The van der Waals surface area contributed by atoms with Crippen LogP contribution in [0, 0.1) is 0 Å². The molecule has 2 aliphatic rings. The summed E-state index contributed by atoms with van der Waals surface area (Å²) < 4.78 is 38.9. The predicted molar refractivity (Wildman–Crippen MR) is 106 cm³/mol. The van der Waals surface area contributed by atoms with Crippen LogP contribution in [0.2, 0.25) is 0 Å². The van der Waals surface area contributed by atoms with Crippen molar-refractivity contribution in [2.45, 2.75) is 43.9 Å². The molecule has 1 aliphatic carbocycles. The molecule has 4 rings (SSSR count). The molecule has 1 aliphatic heterocycles. The van der Waals surface area contributed by atoms with E-state index in [-0.39, 0.29) is 17.6 Å². The Balaban J connectivity index is 1.43. The largest absolute Gasteiger partial charge is 0.416 e. The highest BCUT2D eigenvalue weighted by Gasteiger charge is 2.32. The lowest BCUT2D eigenvalue weighted by Crippen LogP contribution is -2.45. The van der Waals surface area contributed by atoms with Crippen molar-refractivity contribution >= 4 is 17.3 Å². The monoisotopic (exact) mass is 403 g/mol. The van der Waals surface area contributed by atoms with Gasteiger partial charge in [-0.05, 0) is 56.0 Å². The highest BCUT2D eigenvalue weighted by atomic mass is 19.4. The molecule has 1 saturated heterocycles. The zero-order valence-electron chi connectivity index (χ0n) is 16.0. The van der Waals surface area contributed by atoms with Gasteiger partial charge in [0.25, 0.3) is 5.91 Å². The van der Waals surface area contributed by atoms with Crippen molar-refractivity contribution in [2.75, 3.05) is 18.4 Å². The third-order valence-electron chi connectivity index (χ3n) is 5.57. The van der Waals surface area contributed by atoms with Crippen LogP contribution < -0.4 is 10.6 Å². The third-order valence-corrected chi connectivity index (χ3v) is 5.57. The fourth-order valence-corrected chi connectivity index (χ4v) is 3.83. The second-order valence-corrected chi connectivity index (χ2v) is 7.76. The molecule has 1 amide bonds. The SMILES string of the molecule is O=C(NC1CCN(C2CC2)CC1)c1ccccc1Nc1cccc(C(F)(F)F)c1. The van der Waals surface area contributed by atoms with Gasteiger partial charge in [0.2, 0.25) is 0 Å². The average Bonchev–Trinajstić information content (AvgIpc) is 3.54. The lowest BCUT2D eigenvalue weighted by Gasteiger charge is -2.32. The normalized spacial score (nSPS) is 18.4. The molecule has 154 valence electrons. The van der Waals surface area contributed by atoms with Crippen LogP contribution in [0.3, 0.4) is 0 Å². The van der Waals surface area contributed by atoms with Crippen molar-refractivity contribution in [1.82, 2.24) is 10.2 Å². The van der Waals surface area contributed by atoms with Crippen molar-refractivity contribution in [3.05, 3.63) is 59.7 Å².